The van der Waals surface area contributed by atoms with Crippen molar-refractivity contribution < 1.29 is 9.53 Å². The molecule has 0 spiro atoms. The highest BCUT2D eigenvalue weighted by molar-refractivity contribution is 5.75. The molecule has 1 aromatic carbocycles. The van der Waals surface area contributed by atoms with Crippen molar-refractivity contribution in [2.75, 3.05) is 19.7 Å². The zero-order valence-corrected chi connectivity index (χ0v) is 14.1. The number of hydrogen-bond donors (Lipinski definition) is 2. The molecule has 4 rings (SSSR count). The number of nitrogens with zero attached hydrogens (tertiary/aromatic N) is 1. The Hall–Kier alpha value is -1.59. The fourth-order valence-corrected chi connectivity index (χ4v) is 3.80. The van der Waals surface area contributed by atoms with Gasteiger partial charge in [0, 0.05) is 19.7 Å². The van der Waals surface area contributed by atoms with Crippen LogP contribution in [-0.2, 0) is 11.2 Å². The summed E-state index contributed by atoms with van der Waals surface area (Å²) in [5, 5.41) is 3.14. The van der Waals surface area contributed by atoms with Crippen LogP contribution >= 0.6 is 0 Å². The molecule has 2 aliphatic carbocycles. The van der Waals surface area contributed by atoms with Gasteiger partial charge in [0.15, 0.2) is 0 Å². The maximum atomic E-state index is 12.6. The first-order valence-corrected chi connectivity index (χ1v) is 9.21. The summed E-state index contributed by atoms with van der Waals surface area (Å²) in [4.78, 5) is 14.5. The normalized spacial score (nSPS) is 27.1. The number of ether oxygens (including phenoxy) is 1. The van der Waals surface area contributed by atoms with Crippen LogP contribution in [0.25, 0.3) is 0 Å². The van der Waals surface area contributed by atoms with Gasteiger partial charge in [-0.3, -0.25) is 0 Å². The molecule has 24 heavy (non-hydrogen) atoms. The summed E-state index contributed by atoms with van der Waals surface area (Å²) in [6.45, 7) is 2.46. The van der Waals surface area contributed by atoms with Gasteiger partial charge in [0.1, 0.15) is 0 Å². The van der Waals surface area contributed by atoms with E-state index in [1.165, 1.54) is 18.4 Å². The maximum Gasteiger partial charge on any atom is 0.317 e. The Balaban J connectivity index is 1.25. The van der Waals surface area contributed by atoms with Crippen LogP contribution in [0.15, 0.2) is 24.3 Å². The van der Waals surface area contributed by atoms with Crippen molar-refractivity contribution in [3.05, 3.63) is 35.4 Å². The van der Waals surface area contributed by atoms with Crippen LogP contribution in [0, 0.1) is 5.92 Å². The number of piperidine rings is 1. The molecule has 3 aliphatic rings. The second kappa shape index (κ2) is 6.73. The summed E-state index contributed by atoms with van der Waals surface area (Å²) >= 11 is 0. The van der Waals surface area contributed by atoms with E-state index in [4.69, 9.17) is 10.5 Å². The van der Waals surface area contributed by atoms with Gasteiger partial charge < -0.3 is 20.7 Å². The van der Waals surface area contributed by atoms with Crippen molar-refractivity contribution >= 4 is 6.03 Å². The van der Waals surface area contributed by atoms with E-state index >= 15 is 0 Å². The lowest BCUT2D eigenvalue weighted by Crippen LogP contribution is -2.50. The third-order valence-corrected chi connectivity index (χ3v) is 5.59. The molecular formula is C19H27N3O2. The summed E-state index contributed by atoms with van der Waals surface area (Å²) < 4.78 is 5.95. The van der Waals surface area contributed by atoms with Crippen molar-refractivity contribution in [2.24, 2.45) is 11.7 Å². The standard InChI is InChI=1S/C19H27N3O2/c20-18-16-4-2-1-3-14(16)11-17(18)21-19(23)22-9-7-15(8-10-22)24-12-13-5-6-13/h1-4,13,15,17-18H,5-12,20H2,(H,21,23)/t17-,18-/m1/s1. The fourth-order valence-electron chi connectivity index (χ4n) is 3.80. The minimum absolute atomic E-state index is 0.00117. The molecule has 0 bridgehead atoms. The molecule has 1 saturated heterocycles. The molecular weight excluding hydrogens is 302 g/mol. The van der Waals surface area contributed by atoms with Crippen LogP contribution in [0.5, 0.6) is 0 Å². The summed E-state index contributed by atoms with van der Waals surface area (Å²) in [7, 11) is 0. The highest BCUT2D eigenvalue weighted by atomic mass is 16.5. The third kappa shape index (κ3) is 3.42. The van der Waals surface area contributed by atoms with Crippen molar-refractivity contribution in [3.63, 3.8) is 0 Å². The average Bonchev–Trinajstić information content (AvgIpc) is 3.39. The molecule has 1 heterocycles. The smallest absolute Gasteiger partial charge is 0.317 e. The molecule has 5 heteroatoms. The van der Waals surface area contributed by atoms with Crippen LogP contribution in [-0.4, -0.2) is 42.8 Å². The second-order valence-electron chi connectivity index (χ2n) is 7.45. The van der Waals surface area contributed by atoms with Crippen LogP contribution in [0.1, 0.15) is 42.9 Å². The Bertz CT molecular complexity index is 594. The molecule has 5 nitrogen and oxygen atoms in total. The lowest BCUT2D eigenvalue weighted by Gasteiger charge is -2.33. The molecule has 0 radical (unpaired) electrons. The number of amides is 2. The minimum Gasteiger partial charge on any atom is -0.378 e. The number of nitrogens with one attached hydrogen (secondary N) is 1. The second-order valence-corrected chi connectivity index (χ2v) is 7.45. The highest BCUT2D eigenvalue weighted by Gasteiger charge is 2.32. The van der Waals surface area contributed by atoms with Crippen LogP contribution in [0.3, 0.4) is 0 Å². The number of urea groups is 1. The predicted molar refractivity (Wildman–Crippen MR) is 92.7 cm³/mol. The van der Waals surface area contributed by atoms with Gasteiger partial charge >= 0.3 is 6.03 Å². The summed E-state index contributed by atoms with van der Waals surface area (Å²) in [6.07, 6.45) is 5.68. The Morgan fingerprint density at radius 3 is 2.67 bits per heavy atom. The molecule has 1 saturated carbocycles. The molecule has 130 valence electrons. The maximum absolute atomic E-state index is 12.6. The minimum atomic E-state index is -0.107. The van der Waals surface area contributed by atoms with E-state index in [1.54, 1.807) is 0 Å². The Morgan fingerprint density at radius 1 is 1.21 bits per heavy atom. The topological polar surface area (TPSA) is 67.6 Å². The van der Waals surface area contributed by atoms with Gasteiger partial charge in [-0.25, -0.2) is 4.79 Å². The van der Waals surface area contributed by atoms with Crippen molar-refractivity contribution in [2.45, 2.75) is 50.3 Å². The molecule has 1 aliphatic heterocycles. The molecule has 2 fully saturated rings. The molecule has 2 atom stereocenters. The van der Waals surface area contributed by atoms with E-state index in [2.05, 4.69) is 17.4 Å². The number of hydrogen-bond acceptors (Lipinski definition) is 3. The average molecular weight is 329 g/mol. The predicted octanol–water partition coefficient (Wildman–Crippen LogP) is 2.21. The molecule has 2 amide bonds. The number of carbonyl (C=O) groups excluding carboxylic acids is 1. The molecule has 0 aromatic heterocycles. The first-order valence-electron chi connectivity index (χ1n) is 9.21. The first-order chi connectivity index (χ1) is 11.7. The number of likely N-dealkylation sites (tertiary alicyclic amines) is 1. The van der Waals surface area contributed by atoms with Gasteiger partial charge in [0.05, 0.1) is 18.2 Å². The molecule has 3 N–H and O–H groups in total. The number of fused-ring (bicyclic) bond motifs is 1. The fraction of sp³-hybridized carbons (Fsp3) is 0.632. The zero-order chi connectivity index (χ0) is 16.5. The van der Waals surface area contributed by atoms with Gasteiger partial charge in [0.25, 0.3) is 0 Å². The molecule has 1 aromatic rings. The summed E-state index contributed by atoms with van der Waals surface area (Å²) in [6, 6.07) is 8.11. The monoisotopic (exact) mass is 329 g/mol. The van der Waals surface area contributed by atoms with Gasteiger partial charge in [0.2, 0.25) is 0 Å². The number of carbonyl (C=O) groups is 1. The molecule has 0 unspecified atom stereocenters. The summed E-state index contributed by atoms with van der Waals surface area (Å²) in [5.41, 5.74) is 8.73. The van der Waals surface area contributed by atoms with E-state index < -0.39 is 0 Å². The van der Waals surface area contributed by atoms with Crippen molar-refractivity contribution in [3.8, 4) is 0 Å². The Kier molecular flexibility index (Phi) is 4.46. The van der Waals surface area contributed by atoms with Crippen LogP contribution in [0.2, 0.25) is 0 Å². The number of rotatable bonds is 4. The number of benzene rings is 1. The van der Waals surface area contributed by atoms with Gasteiger partial charge in [-0.15, -0.1) is 0 Å². The third-order valence-electron chi connectivity index (χ3n) is 5.59. The van der Waals surface area contributed by atoms with Gasteiger partial charge in [-0.05, 0) is 49.1 Å². The van der Waals surface area contributed by atoms with E-state index in [-0.39, 0.29) is 18.1 Å². The van der Waals surface area contributed by atoms with E-state index in [9.17, 15) is 4.79 Å². The van der Waals surface area contributed by atoms with Gasteiger partial charge in [-0.2, -0.15) is 0 Å². The lowest BCUT2D eigenvalue weighted by molar-refractivity contribution is 0.00926. The quantitative estimate of drug-likeness (QED) is 0.890. The Labute approximate surface area is 143 Å². The van der Waals surface area contributed by atoms with Crippen molar-refractivity contribution in [1.82, 2.24) is 10.2 Å². The highest BCUT2D eigenvalue weighted by Crippen LogP contribution is 2.31. The van der Waals surface area contributed by atoms with E-state index in [0.29, 0.717) is 6.10 Å². The van der Waals surface area contributed by atoms with E-state index in [0.717, 1.165) is 50.4 Å². The summed E-state index contributed by atoms with van der Waals surface area (Å²) in [5.74, 6) is 0.803. The Morgan fingerprint density at radius 2 is 1.96 bits per heavy atom. The van der Waals surface area contributed by atoms with Crippen LogP contribution in [0.4, 0.5) is 4.79 Å². The SMILES string of the molecule is N[C@@H]1c2ccccc2C[C@H]1NC(=O)N1CCC(OCC2CC2)CC1. The largest absolute Gasteiger partial charge is 0.378 e. The van der Waals surface area contributed by atoms with Gasteiger partial charge in [-0.1, -0.05) is 24.3 Å². The van der Waals surface area contributed by atoms with Crippen molar-refractivity contribution in [1.29, 1.82) is 0 Å². The van der Waals surface area contributed by atoms with Crippen LogP contribution < -0.4 is 11.1 Å². The number of nitrogens with two attached hydrogens (primary N) is 1. The lowest BCUT2D eigenvalue weighted by atomic mass is 10.1. The zero-order valence-electron chi connectivity index (χ0n) is 14.1. The first kappa shape index (κ1) is 15.9. The van der Waals surface area contributed by atoms with E-state index in [1.807, 2.05) is 17.0 Å².